The summed E-state index contributed by atoms with van der Waals surface area (Å²) < 4.78 is 31.8. The molecule has 9 heteroatoms. The highest BCUT2D eigenvalue weighted by Crippen LogP contribution is 2.28. The third-order valence-corrected chi connectivity index (χ3v) is 5.97. The van der Waals surface area contributed by atoms with Crippen LogP contribution in [0.1, 0.15) is 6.92 Å². The molecule has 162 valence electrons. The van der Waals surface area contributed by atoms with Crippen LogP contribution in [0.2, 0.25) is 10.0 Å². The van der Waals surface area contributed by atoms with Gasteiger partial charge in [0.15, 0.2) is 0 Å². The largest absolute Gasteiger partial charge is 0.457 e. The van der Waals surface area contributed by atoms with Crippen LogP contribution < -0.4 is 14.4 Å². The van der Waals surface area contributed by atoms with Crippen molar-refractivity contribution in [1.29, 1.82) is 0 Å². The Balaban J connectivity index is 1.81. The van der Waals surface area contributed by atoms with Crippen LogP contribution in [0, 0.1) is 0 Å². The van der Waals surface area contributed by atoms with Crippen LogP contribution in [0.4, 0.5) is 11.4 Å². The second-order valence-electron chi connectivity index (χ2n) is 6.79. The zero-order valence-corrected chi connectivity index (χ0v) is 19.1. The van der Waals surface area contributed by atoms with E-state index in [2.05, 4.69) is 5.32 Å². The van der Waals surface area contributed by atoms with E-state index in [4.69, 9.17) is 27.9 Å². The van der Waals surface area contributed by atoms with Gasteiger partial charge in [-0.05, 0) is 61.5 Å². The van der Waals surface area contributed by atoms with E-state index in [-0.39, 0.29) is 0 Å². The number of hydrogen-bond acceptors (Lipinski definition) is 4. The first kappa shape index (κ1) is 22.9. The number of amides is 1. The molecule has 1 amide bonds. The maximum absolute atomic E-state index is 12.8. The van der Waals surface area contributed by atoms with Crippen molar-refractivity contribution in [3.8, 4) is 11.5 Å². The molecule has 0 aliphatic carbocycles. The van der Waals surface area contributed by atoms with Crippen molar-refractivity contribution in [3.63, 3.8) is 0 Å². The molecule has 3 aromatic rings. The zero-order chi connectivity index (χ0) is 22.6. The molecule has 0 heterocycles. The summed E-state index contributed by atoms with van der Waals surface area (Å²) in [6.07, 6.45) is 1.04. The van der Waals surface area contributed by atoms with Gasteiger partial charge in [0, 0.05) is 15.7 Å². The normalized spacial score (nSPS) is 12.1. The molecule has 0 unspecified atom stereocenters. The molecule has 3 aromatic carbocycles. The lowest BCUT2D eigenvalue weighted by Gasteiger charge is -2.28. The average molecular weight is 479 g/mol. The zero-order valence-electron chi connectivity index (χ0n) is 16.7. The Morgan fingerprint density at radius 2 is 1.48 bits per heavy atom. The van der Waals surface area contributed by atoms with E-state index in [1.165, 1.54) is 25.1 Å². The average Bonchev–Trinajstić information content (AvgIpc) is 2.68. The lowest BCUT2D eigenvalue weighted by Crippen LogP contribution is -2.45. The van der Waals surface area contributed by atoms with Crippen LogP contribution in [0.5, 0.6) is 11.5 Å². The summed E-state index contributed by atoms with van der Waals surface area (Å²) in [4.78, 5) is 12.8. The Hall–Kier alpha value is -2.74. The maximum Gasteiger partial charge on any atom is 0.247 e. The number of carbonyl (C=O) groups is 1. The van der Waals surface area contributed by atoms with Crippen LogP contribution >= 0.6 is 23.2 Å². The van der Waals surface area contributed by atoms with Crippen molar-refractivity contribution in [2.24, 2.45) is 0 Å². The molecular formula is C22H20Cl2N2O4S. The van der Waals surface area contributed by atoms with Crippen molar-refractivity contribution in [3.05, 3.63) is 82.8 Å². The smallest absolute Gasteiger partial charge is 0.247 e. The first-order chi connectivity index (χ1) is 14.6. The Bertz CT molecular complexity index is 1150. The van der Waals surface area contributed by atoms with Crippen LogP contribution in [0.3, 0.4) is 0 Å². The summed E-state index contributed by atoms with van der Waals surface area (Å²) in [6.45, 7) is 1.50. The maximum atomic E-state index is 12.8. The Morgan fingerprint density at radius 1 is 0.935 bits per heavy atom. The van der Waals surface area contributed by atoms with E-state index in [0.29, 0.717) is 32.9 Å². The van der Waals surface area contributed by atoms with Gasteiger partial charge >= 0.3 is 0 Å². The highest BCUT2D eigenvalue weighted by molar-refractivity contribution is 7.92. The third-order valence-electron chi connectivity index (χ3n) is 4.29. The molecule has 6 nitrogen and oxygen atoms in total. The number of benzene rings is 3. The van der Waals surface area contributed by atoms with E-state index in [1.54, 1.807) is 24.3 Å². The summed E-state index contributed by atoms with van der Waals surface area (Å²) >= 11 is 11.9. The van der Waals surface area contributed by atoms with Gasteiger partial charge in [-0.1, -0.05) is 41.4 Å². The number of carbonyl (C=O) groups excluding carboxylic acids is 1. The van der Waals surface area contributed by atoms with E-state index >= 15 is 0 Å². The monoisotopic (exact) mass is 478 g/mol. The number of ether oxygens (including phenoxy) is 1. The third kappa shape index (κ3) is 6.13. The molecule has 1 N–H and O–H groups in total. The molecule has 0 aliphatic rings. The molecule has 3 rings (SSSR count). The number of halogens is 2. The molecule has 1 atom stereocenters. The molecule has 0 aliphatic heterocycles. The fourth-order valence-electron chi connectivity index (χ4n) is 2.97. The van der Waals surface area contributed by atoms with Gasteiger partial charge in [-0.3, -0.25) is 9.10 Å². The number of nitrogens with zero attached hydrogens (tertiary/aromatic N) is 1. The van der Waals surface area contributed by atoms with Crippen LogP contribution in [0.15, 0.2) is 72.8 Å². The van der Waals surface area contributed by atoms with Crippen molar-refractivity contribution in [1.82, 2.24) is 0 Å². The summed E-state index contributed by atoms with van der Waals surface area (Å²) in [7, 11) is -3.76. The molecule has 31 heavy (non-hydrogen) atoms. The minimum absolute atomic E-state index is 0.328. The van der Waals surface area contributed by atoms with Crippen LogP contribution in [0.25, 0.3) is 0 Å². The molecule has 0 radical (unpaired) electrons. The van der Waals surface area contributed by atoms with Crippen molar-refractivity contribution < 1.29 is 17.9 Å². The van der Waals surface area contributed by atoms with E-state index < -0.39 is 22.0 Å². The number of nitrogens with one attached hydrogen (secondary N) is 1. The van der Waals surface area contributed by atoms with Crippen molar-refractivity contribution in [2.75, 3.05) is 15.9 Å². The molecule has 0 aromatic heterocycles. The van der Waals surface area contributed by atoms with Crippen LogP contribution in [-0.2, 0) is 14.8 Å². The van der Waals surface area contributed by atoms with Gasteiger partial charge in [-0.15, -0.1) is 0 Å². The molecule has 0 bridgehead atoms. The second kappa shape index (κ2) is 9.60. The molecule has 0 spiro atoms. The number of sulfonamides is 1. The predicted octanol–water partition coefficient (Wildman–Crippen LogP) is 5.58. The summed E-state index contributed by atoms with van der Waals surface area (Å²) in [5.74, 6) is 0.658. The van der Waals surface area contributed by atoms with Crippen LogP contribution in [-0.4, -0.2) is 26.6 Å². The lowest BCUT2D eigenvalue weighted by molar-refractivity contribution is -0.116. The molecule has 0 saturated heterocycles. The van der Waals surface area contributed by atoms with Gasteiger partial charge in [0.25, 0.3) is 0 Å². The quantitative estimate of drug-likeness (QED) is 0.480. The number of para-hydroxylation sites is 1. The van der Waals surface area contributed by atoms with Gasteiger partial charge in [-0.25, -0.2) is 8.42 Å². The SMILES string of the molecule is C[C@H](C(=O)Nc1cc(Cl)cc(Cl)c1)N(c1ccc(Oc2ccccc2)cc1)S(C)(=O)=O. The Kier molecular flexibility index (Phi) is 7.10. The van der Waals surface area contributed by atoms with E-state index in [0.717, 1.165) is 10.6 Å². The minimum atomic E-state index is -3.76. The van der Waals surface area contributed by atoms with Crippen molar-refractivity contribution in [2.45, 2.75) is 13.0 Å². The summed E-state index contributed by atoms with van der Waals surface area (Å²) in [5, 5.41) is 3.35. The number of hydrogen-bond donors (Lipinski definition) is 1. The first-order valence-electron chi connectivity index (χ1n) is 9.23. The van der Waals surface area contributed by atoms with E-state index in [1.807, 2.05) is 30.3 Å². The highest BCUT2D eigenvalue weighted by atomic mass is 35.5. The second-order valence-corrected chi connectivity index (χ2v) is 9.52. The fraction of sp³-hybridized carbons (Fsp3) is 0.136. The van der Waals surface area contributed by atoms with Gasteiger partial charge in [-0.2, -0.15) is 0 Å². The van der Waals surface area contributed by atoms with Gasteiger partial charge < -0.3 is 10.1 Å². The fourth-order valence-corrected chi connectivity index (χ4v) is 4.67. The minimum Gasteiger partial charge on any atom is -0.457 e. The Morgan fingerprint density at radius 3 is 2.03 bits per heavy atom. The van der Waals surface area contributed by atoms with Gasteiger partial charge in [0.2, 0.25) is 15.9 Å². The number of anilines is 2. The highest BCUT2D eigenvalue weighted by Gasteiger charge is 2.29. The van der Waals surface area contributed by atoms with E-state index in [9.17, 15) is 13.2 Å². The predicted molar refractivity (Wildman–Crippen MR) is 125 cm³/mol. The molecule has 0 saturated carbocycles. The Labute approximate surface area is 191 Å². The topological polar surface area (TPSA) is 75.7 Å². The van der Waals surface area contributed by atoms with Crippen molar-refractivity contribution >= 4 is 50.5 Å². The van der Waals surface area contributed by atoms with Gasteiger partial charge in [0.05, 0.1) is 11.9 Å². The number of rotatable bonds is 7. The summed E-state index contributed by atoms with van der Waals surface area (Å²) in [6, 6.07) is 19.2. The van der Waals surface area contributed by atoms with Gasteiger partial charge in [0.1, 0.15) is 17.5 Å². The lowest BCUT2D eigenvalue weighted by atomic mass is 10.2. The molecular weight excluding hydrogens is 459 g/mol. The standard InChI is InChI=1S/C22H20Cl2N2O4S/c1-15(22(27)25-18-13-16(23)12-17(24)14-18)26(31(2,28)29)19-8-10-21(11-9-19)30-20-6-4-3-5-7-20/h3-15H,1-2H3,(H,25,27)/t15-/m1/s1. The first-order valence-corrected chi connectivity index (χ1v) is 11.8. The summed E-state index contributed by atoms with van der Waals surface area (Å²) in [5.41, 5.74) is 0.698. The molecule has 0 fully saturated rings.